The van der Waals surface area contributed by atoms with E-state index >= 15 is 0 Å². The molecule has 0 radical (unpaired) electrons. The van der Waals surface area contributed by atoms with Gasteiger partial charge in [0.05, 0.1) is 6.07 Å². The predicted octanol–water partition coefficient (Wildman–Crippen LogP) is 3.26. The van der Waals surface area contributed by atoms with Gasteiger partial charge in [0.1, 0.15) is 17.4 Å². The Hall–Kier alpha value is -2.12. The first-order valence-electron chi connectivity index (χ1n) is 6.27. The molecule has 1 aromatic heterocycles. The lowest BCUT2D eigenvalue weighted by molar-refractivity contribution is 0.0725. The number of nitrogens with zero attached hydrogens (tertiary/aromatic N) is 3. The van der Waals surface area contributed by atoms with Crippen LogP contribution in [-0.2, 0) is 0 Å². The third-order valence-electron chi connectivity index (χ3n) is 3.04. The number of pyridine rings is 1. The maximum atomic E-state index is 12.4. The first-order valence-corrected chi connectivity index (χ1v) is 6.65. The molecule has 0 fully saturated rings. The van der Waals surface area contributed by atoms with Gasteiger partial charge in [0, 0.05) is 11.4 Å². The number of halogens is 1. The summed E-state index contributed by atoms with van der Waals surface area (Å²) >= 11 is 6.12. The van der Waals surface area contributed by atoms with E-state index < -0.39 is 0 Å². The van der Waals surface area contributed by atoms with Crippen molar-refractivity contribution in [2.45, 2.75) is 19.9 Å². The molecule has 2 rings (SSSR count). The summed E-state index contributed by atoms with van der Waals surface area (Å²) in [5.41, 5.74) is 0.262. The van der Waals surface area contributed by atoms with Crippen LogP contribution in [-0.4, -0.2) is 28.4 Å². The van der Waals surface area contributed by atoms with Gasteiger partial charge in [0.25, 0.3) is 5.91 Å². The van der Waals surface area contributed by atoms with Crippen LogP contribution in [0.2, 0.25) is 5.15 Å². The number of aromatic nitrogens is 1. The molecule has 0 aliphatic rings. The van der Waals surface area contributed by atoms with E-state index in [9.17, 15) is 4.79 Å². The van der Waals surface area contributed by atoms with Gasteiger partial charge in [0.2, 0.25) is 0 Å². The molecule has 0 aliphatic heterocycles. The van der Waals surface area contributed by atoms with Crippen molar-refractivity contribution in [1.82, 2.24) is 9.88 Å². The average molecular weight is 288 g/mol. The predicted molar refractivity (Wildman–Crippen MR) is 78.5 cm³/mol. The fraction of sp³-hybridized carbons (Fsp3) is 0.267. The van der Waals surface area contributed by atoms with Crippen molar-refractivity contribution in [2.75, 3.05) is 6.54 Å². The number of nitriles is 1. The minimum atomic E-state index is -0.283. The van der Waals surface area contributed by atoms with Crippen molar-refractivity contribution in [1.29, 1.82) is 5.26 Å². The first-order chi connectivity index (χ1) is 9.54. The van der Waals surface area contributed by atoms with Crippen molar-refractivity contribution >= 4 is 28.3 Å². The highest BCUT2D eigenvalue weighted by molar-refractivity contribution is 6.34. The summed E-state index contributed by atoms with van der Waals surface area (Å²) in [4.78, 5) is 18.0. The van der Waals surface area contributed by atoms with Crippen LogP contribution >= 0.6 is 11.6 Å². The smallest absolute Gasteiger partial charge is 0.273 e. The second-order valence-corrected chi connectivity index (χ2v) is 5.06. The number of fused-ring (bicyclic) bond motifs is 1. The zero-order valence-electron chi connectivity index (χ0n) is 11.3. The minimum Gasteiger partial charge on any atom is -0.322 e. The third-order valence-corrected chi connectivity index (χ3v) is 3.33. The van der Waals surface area contributed by atoms with E-state index in [1.165, 1.54) is 4.90 Å². The zero-order valence-corrected chi connectivity index (χ0v) is 12.1. The Morgan fingerprint density at radius 3 is 2.80 bits per heavy atom. The lowest BCUT2D eigenvalue weighted by atomic mass is 10.1. The van der Waals surface area contributed by atoms with Crippen LogP contribution in [0.5, 0.6) is 0 Å². The van der Waals surface area contributed by atoms with Crippen LogP contribution in [0.4, 0.5) is 0 Å². The summed E-state index contributed by atoms with van der Waals surface area (Å²) in [5, 5.41) is 10.8. The largest absolute Gasteiger partial charge is 0.322 e. The summed E-state index contributed by atoms with van der Waals surface area (Å²) in [6.45, 7) is 3.75. The van der Waals surface area contributed by atoms with E-state index in [0.717, 1.165) is 10.8 Å². The Bertz CT molecular complexity index is 691. The third kappa shape index (κ3) is 2.73. The number of amides is 1. The van der Waals surface area contributed by atoms with E-state index in [2.05, 4.69) is 4.98 Å². The van der Waals surface area contributed by atoms with Gasteiger partial charge >= 0.3 is 0 Å². The minimum absolute atomic E-state index is 0.0304. The molecule has 0 N–H and O–H groups in total. The van der Waals surface area contributed by atoms with E-state index in [1.807, 2.05) is 44.2 Å². The molecule has 102 valence electrons. The van der Waals surface area contributed by atoms with Crippen molar-refractivity contribution < 1.29 is 4.79 Å². The molecule has 0 bridgehead atoms. The number of hydrogen-bond donors (Lipinski definition) is 0. The molecule has 0 saturated heterocycles. The van der Waals surface area contributed by atoms with Crippen LogP contribution in [0.25, 0.3) is 10.8 Å². The van der Waals surface area contributed by atoms with Crippen molar-refractivity contribution in [3.05, 3.63) is 41.2 Å². The van der Waals surface area contributed by atoms with Crippen molar-refractivity contribution in [3.63, 3.8) is 0 Å². The van der Waals surface area contributed by atoms with Gasteiger partial charge < -0.3 is 4.90 Å². The topological polar surface area (TPSA) is 57.0 Å². The van der Waals surface area contributed by atoms with Crippen LogP contribution in [0.15, 0.2) is 30.3 Å². The van der Waals surface area contributed by atoms with Crippen LogP contribution in [0.3, 0.4) is 0 Å². The summed E-state index contributed by atoms with van der Waals surface area (Å²) in [6, 6.07) is 11.1. The monoisotopic (exact) mass is 287 g/mol. The maximum Gasteiger partial charge on any atom is 0.273 e. The average Bonchev–Trinajstić information content (AvgIpc) is 2.43. The SMILES string of the molecule is CC(C)N(CC#N)C(=O)c1cc2ccccc2c(Cl)n1. The molecule has 4 nitrogen and oxygen atoms in total. The molecule has 0 aliphatic carbocycles. The Morgan fingerprint density at radius 2 is 2.15 bits per heavy atom. The van der Waals surface area contributed by atoms with Gasteiger partial charge in [-0.15, -0.1) is 0 Å². The van der Waals surface area contributed by atoms with Crippen LogP contribution < -0.4 is 0 Å². The molecule has 1 aromatic carbocycles. The van der Waals surface area contributed by atoms with Crippen molar-refractivity contribution in [2.24, 2.45) is 0 Å². The lowest BCUT2D eigenvalue weighted by Crippen LogP contribution is -2.37. The number of benzene rings is 1. The molecule has 5 heteroatoms. The molecule has 0 saturated carbocycles. The molecule has 20 heavy (non-hydrogen) atoms. The molecule has 0 unspecified atom stereocenters. The van der Waals surface area contributed by atoms with Gasteiger partial charge in [-0.1, -0.05) is 35.9 Å². The van der Waals surface area contributed by atoms with Gasteiger partial charge in [-0.05, 0) is 25.3 Å². The number of rotatable bonds is 3. The summed E-state index contributed by atoms with van der Waals surface area (Å²) < 4.78 is 0. The Morgan fingerprint density at radius 1 is 1.45 bits per heavy atom. The van der Waals surface area contributed by atoms with Crippen LogP contribution in [0.1, 0.15) is 24.3 Å². The second kappa shape index (κ2) is 5.89. The van der Waals surface area contributed by atoms with Gasteiger partial charge in [-0.3, -0.25) is 4.79 Å². The fourth-order valence-electron chi connectivity index (χ4n) is 1.98. The van der Waals surface area contributed by atoms with Gasteiger partial charge in [-0.25, -0.2) is 4.98 Å². The first kappa shape index (κ1) is 14.3. The molecular weight excluding hydrogens is 274 g/mol. The molecule has 0 spiro atoms. The Labute approximate surface area is 122 Å². The highest BCUT2D eigenvalue weighted by Gasteiger charge is 2.20. The maximum absolute atomic E-state index is 12.4. The molecule has 1 amide bonds. The molecule has 0 atom stereocenters. The second-order valence-electron chi connectivity index (χ2n) is 4.70. The Kier molecular flexibility index (Phi) is 4.21. The van der Waals surface area contributed by atoms with Gasteiger partial charge in [0.15, 0.2) is 0 Å². The zero-order chi connectivity index (χ0) is 14.7. The quantitative estimate of drug-likeness (QED) is 0.643. The number of hydrogen-bond acceptors (Lipinski definition) is 3. The molecular formula is C15H14ClN3O. The van der Waals surface area contributed by atoms with Gasteiger partial charge in [-0.2, -0.15) is 5.26 Å². The summed E-state index contributed by atoms with van der Waals surface area (Å²) in [6.07, 6.45) is 0. The Balaban J connectivity index is 2.47. The summed E-state index contributed by atoms with van der Waals surface area (Å²) in [5.74, 6) is -0.283. The number of carbonyl (C=O) groups excluding carboxylic acids is 1. The number of carbonyl (C=O) groups is 1. The van der Waals surface area contributed by atoms with Crippen molar-refractivity contribution in [3.8, 4) is 6.07 Å². The highest BCUT2D eigenvalue weighted by Crippen LogP contribution is 2.23. The summed E-state index contributed by atoms with van der Waals surface area (Å²) in [7, 11) is 0. The van der Waals surface area contributed by atoms with E-state index in [-0.39, 0.29) is 24.2 Å². The van der Waals surface area contributed by atoms with E-state index in [1.54, 1.807) is 6.07 Å². The normalized spacial score (nSPS) is 10.6. The lowest BCUT2D eigenvalue weighted by Gasteiger charge is -2.23. The standard InChI is InChI=1S/C15H14ClN3O/c1-10(2)19(8-7-17)15(20)13-9-11-5-3-4-6-12(11)14(16)18-13/h3-6,9-10H,8H2,1-2H3. The highest BCUT2D eigenvalue weighted by atomic mass is 35.5. The molecule has 2 aromatic rings. The fourth-order valence-corrected chi connectivity index (χ4v) is 2.24. The molecule has 1 heterocycles. The van der Waals surface area contributed by atoms with E-state index in [4.69, 9.17) is 16.9 Å². The van der Waals surface area contributed by atoms with E-state index in [0.29, 0.717) is 5.15 Å². The van der Waals surface area contributed by atoms with Crippen LogP contribution in [0, 0.1) is 11.3 Å².